The molecule has 1 heterocycles. The Labute approximate surface area is 180 Å². The first-order valence-electron chi connectivity index (χ1n) is 9.77. The molecular weight excluding hydrogens is 392 g/mol. The first-order chi connectivity index (χ1) is 15.0. The van der Waals surface area contributed by atoms with Gasteiger partial charge in [-0.1, -0.05) is 24.3 Å². The van der Waals surface area contributed by atoms with E-state index >= 15 is 0 Å². The minimum absolute atomic E-state index is 0.224. The number of nitrogens with zero attached hydrogens (tertiary/aromatic N) is 1. The molecule has 31 heavy (non-hydrogen) atoms. The lowest BCUT2D eigenvalue weighted by atomic mass is 10.0. The van der Waals surface area contributed by atoms with Gasteiger partial charge >= 0.3 is 0 Å². The number of anilines is 2. The summed E-state index contributed by atoms with van der Waals surface area (Å²) in [6.07, 6.45) is 0. The number of benzene rings is 3. The molecule has 0 aliphatic carbocycles. The molecule has 0 unspecified atom stereocenters. The van der Waals surface area contributed by atoms with E-state index in [1.165, 1.54) is 4.90 Å². The summed E-state index contributed by atoms with van der Waals surface area (Å²) >= 11 is 0. The predicted octanol–water partition coefficient (Wildman–Crippen LogP) is 4.41. The molecule has 0 fully saturated rings. The molecule has 0 bridgehead atoms. The fraction of sp³-hybridized carbons (Fsp3) is 0.120. The predicted molar refractivity (Wildman–Crippen MR) is 120 cm³/mol. The smallest absolute Gasteiger partial charge is 0.282 e. The number of carbonyl (C=O) groups excluding carboxylic acids is 2. The highest BCUT2D eigenvalue weighted by atomic mass is 16.5. The normalized spacial score (nSPS) is 13.6. The molecule has 0 aromatic heterocycles. The Morgan fingerprint density at radius 1 is 0.774 bits per heavy atom. The summed E-state index contributed by atoms with van der Waals surface area (Å²) in [5, 5.41) is 3.14. The Morgan fingerprint density at radius 3 is 1.97 bits per heavy atom. The number of carbonyl (C=O) groups is 2. The monoisotopic (exact) mass is 414 g/mol. The second-order valence-electron chi connectivity index (χ2n) is 7.12. The van der Waals surface area contributed by atoms with Crippen molar-refractivity contribution < 1.29 is 19.1 Å². The van der Waals surface area contributed by atoms with Crippen molar-refractivity contribution in [3.8, 4) is 11.5 Å². The van der Waals surface area contributed by atoms with Crippen molar-refractivity contribution in [3.05, 3.63) is 89.6 Å². The molecule has 3 aromatic rings. The van der Waals surface area contributed by atoms with Crippen LogP contribution in [0.25, 0.3) is 5.57 Å². The van der Waals surface area contributed by atoms with Crippen molar-refractivity contribution in [1.82, 2.24) is 0 Å². The molecular formula is C25H22N2O4. The fourth-order valence-electron chi connectivity index (χ4n) is 3.49. The van der Waals surface area contributed by atoms with E-state index in [-0.39, 0.29) is 11.6 Å². The van der Waals surface area contributed by atoms with E-state index < -0.39 is 5.91 Å². The molecule has 0 radical (unpaired) electrons. The zero-order chi connectivity index (χ0) is 22.0. The highest BCUT2D eigenvalue weighted by molar-refractivity contribution is 6.46. The number of imide groups is 1. The summed E-state index contributed by atoms with van der Waals surface area (Å²) < 4.78 is 10.4. The molecule has 0 saturated heterocycles. The van der Waals surface area contributed by atoms with Crippen LogP contribution in [0.4, 0.5) is 11.4 Å². The van der Waals surface area contributed by atoms with Crippen molar-refractivity contribution in [3.63, 3.8) is 0 Å². The Hall–Kier alpha value is -4.06. The van der Waals surface area contributed by atoms with Gasteiger partial charge in [0.15, 0.2) is 0 Å². The van der Waals surface area contributed by atoms with Crippen LogP contribution in [0.3, 0.4) is 0 Å². The van der Waals surface area contributed by atoms with Gasteiger partial charge in [-0.25, -0.2) is 4.90 Å². The van der Waals surface area contributed by atoms with E-state index in [4.69, 9.17) is 9.47 Å². The maximum atomic E-state index is 13.4. The van der Waals surface area contributed by atoms with Gasteiger partial charge in [-0.15, -0.1) is 0 Å². The first kappa shape index (κ1) is 20.2. The minimum atomic E-state index is -0.405. The Morgan fingerprint density at radius 2 is 1.39 bits per heavy atom. The van der Waals surface area contributed by atoms with Gasteiger partial charge in [-0.05, 0) is 66.6 Å². The van der Waals surface area contributed by atoms with Gasteiger partial charge in [0.1, 0.15) is 17.2 Å². The number of amides is 2. The molecule has 0 saturated carbocycles. The van der Waals surface area contributed by atoms with E-state index in [9.17, 15) is 9.59 Å². The van der Waals surface area contributed by atoms with Crippen molar-refractivity contribution in [2.75, 3.05) is 24.4 Å². The quantitative estimate of drug-likeness (QED) is 0.605. The molecule has 0 atom stereocenters. The SMILES string of the molecule is COc1ccc(NC2=C(c3ccc(OC)cc3)C(=O)N(c3cccc(C)c3)C2=O)cc1. The Bertz CT molecular complexity index is 1160. The van der Waals surface area contributed by atoms with Crippen LogP contribution in [-0.4, -0.2) is 26.0 Å². The standard InChI is InChI=1S/C25H22N2O4/c1-16-5-4-6-19(15-16)27-24(28)22(17-7-11-20(30-2)12-8-17)23(25(27)29)26-18-9-13-21(31-3)14-10-18/h4-15,26H,1-3H3. The average Bonchev–Trinajstić information content (AvgIpc) is 3.03. The molecule has 6 nitrogen and oxygen atoms in total. The summed E-state index contributed by atoms with van der Waals surface area (Å²) in [4.78, 5) is 28.0. The van der Waals surface area contributed by atoms with Crippen LogP contribution >= 0.6 is 0 Å². The van der Waals surface area contributed by atoms with Crippen LogP contribution in [0, 0.1) is 6.92 Å². The third-order valence-electron chi connectivity index (χ3n) is 5.08. The van der Waals surface area contributed by atoms with Gasteiger partial charge in [0.05, 0.1) is 25.5 Å². The molecule has 1 aliphatic heterocycles. The van der Waals surface area contributed by atoms with Crippen molar-refractivity contribution in [2.45, 2.75) is 6.92 Å². The van der Waals surface area contributed by atoms with Gasteiger partial charge in [0, 0.05) is 5.69 Å². The second kappa shape index (κ2) is 8.36. The van der Waals surface area contributed by atoms with Gasteiger partial charge < -0.3 is 14.8 Å². The summed E-state index contributed by atoms with van der Waals surface area (Å²) in [5.74, 6) is 0.584. The van der Waals surface area contributed by atoms with Crippen molar-refractivity contribution in [2.24, 2.45) is 0 Å². The molecule has 4 rings (SSSR count). The topological polar surface area (TPSA) is 67.9 Å². The summed E-state index contributed by atoms with van der Waals surface area (Å²) in [7, 11) is 3.17. The van der Waals surface area contributed by atoms with E-state index in [2.05, 4.69) is 5.32 Å². The van der Waals surface area contributed by atoms with Crippen LogP contribution in [0.1, 0.15) is 11.1 Å². The summed E-state index contributed by atoms with van der Waals surface area (Å²) in [5.41, 5.74) is 3.33. The summed E-state index contributed by atoms with van der Waals surface area (Å²) in [6, 6.07) is 21.6. The molecule has 0 spiro atoms. The van der Waals surface area contributed by atoms with E-state index in [1.54, 1.807) is 68.8 Å². The number of rotatable bonds is 6. The van der Waals surface area contributed by atoms with Gasteiger partial charge in [0.25, 0.3) is 11.8 Å². The van der Waals surface area contributed by atoms with Crippen LogP contribution < -0.4 is 19.7 Å². The first-order valence-corrected chi connectivity index (χ1v) is 9.77. The highest BCUT2D eigenvalue weighted by Crippen LogP contribution is 2.34. The van der Waals surface area contributed by atoms with Crippen molar-refractivity contribution in [1.29, 1.82) is 0 Å². The van der Waals surface area contributed by atoms with Crippen molar-refractivity contribution >= 4 is 28.8 Å². The highest BCUT2D eigenvalue weighted by Gasteiger charge is 2.40. The van der Waals surface area contributed by atoms with Gasteiger partial charge in [-0.3, -0.25) is 9.59 Å². The maximum Gasteiger partial charge on any atom is 0.282 e. The van der Waals surface area contributed by atoms with E-state index in [1.807, 2.05) is 25.1 Å². The maximum absolute atomic E-state index is 13.4. The van der Waals surface area contributed by atoms with Crippen LogP contribution in [0.5, 0.6) is 11.5 Å². The number of aryl methyl sites for hydroxylation is 1. The molecule has 2 amide bonds. The summed E-state index contributed by atoms with van der Waals surface area (Å²) in [6.45, 7) is 1.92. The van der Waals surface area contributed by atoms with Crippen LogP contribution in [0.2, 0.25) is 0 Å². The van der Waals surface area contributed by atoms with E-state index in [0.29, 0.717) is 34.0 Å². The lowest BCUT2D eigenvalue weighted by Crippen LogP contribution is -2.32. The Kier molecular flexibility index (Phi) is 5.45. The fourth-order valence-corrected chi connectivity index (χ4v) is 3.49. The number of hydrogen-bond acceptors (Lipinski definition) is 5. The van der Waals surface area contributed by atoms with Crippen LogP contribution in [-0.2, 0) is 9.59 Å². The molecule has 156 valence electrons. The van der Waals surface area contributed by atoms with Gasteiger partial charge in [-0.2, -0.15) is 0 Å². The minimum Gasteiger partial charge on any atom is -0.497 e. The lowest BCUT2D eigenvalue weighted by molar-refractivity contribution is -0.120. The number of ether oxygens (including phenoxy) is 2. The number of hydrogen-bond donors (Lipinski definition) is 1. The average molecular weight is 414 g/mol. The molecule has 6 heteroatoms. The second-order valence-corrected chi connectivity index (χ2v) is 7.12. The van der Waals surface area contributed by atoms with Crippen LogP contribution in [0.15, 0.2) is 78.5 Å². The lowest BCUT2D eigenvalue weighted by Gasteiger charge is -2.16. The largest absolute Gasteiger partial charge is 0.497 e. The zero-order valence-electron chi connectivity index (χ0n) is 17.5. The number of nitrogens with one attached hydrogen (secondary N) is 1. The molecule has 3 aromatic carbocycles. The van der Waals surface area contributed by atoms with E-state index in [0.717, 1.165) is 5.56 Å². The zero-order valence-corrected chi connectivity index (χ0v) is 17.5. The molecule has 1 N–H and O–H groups in total. The third-order valence-corrected chi connectivity index (χ3v) is 5.08. The third kappa shape index (κ3) is 3.88. The molecule has 1 aliphatic rings. The number of methoxy groups -OCH3 is 2. The Balaban J connectivity index is 1.79. The van der Waals surface area contributed by atoms with Gasteiger partial charge in [0.2, 0.25) is 0 Å².